The molecule has 1 aromatic heterocycles. The van der Waals surface area contributed by atoms with Crippen LogP contribution in [0.1, 0.15) is 167 Å². The summed E-state index contributed by atoms with van der Waals surface area (Å²) in [6, 6.07) is 9.71. The van der Waals surface area contributed by atoms with Crippen molar-refractivity contribution in [3.63, 3.8) is 0 Å². The maximum Gasteiger partial charge on any atom is 0.490 e. The number of carboxylic acids is 2. The number of phosphoric ester groups is 1. The summed E-state index contributed by atoms with van der Waals surface area (Å²) < 4.78 is 64.3. The molecule has 594 valence electrons. The Labute approximate surface area is 633 Å². The maximum absolute atomic E-state index is 14.4. The highest BCUT2D eigenvalue weighted by Crippen LogP contribution is 2.66. The van der Waals surface area contributed by atoms with Crippen molar-refractivity contribution in [1.82, 2.24) is 30.4 Å². The van der Waals surface area contributed by atoms with Crippen molar-refractivity contribution in [1.29, 1.82) is 0 Å². The number of aromatic nitrogens is 2. The van der Waals surface area contributed by atoms with Gasteiger partial charge >= 0.3 is 41.1 Å². The Morgan fingerprint density at radius 1 is 0.861 bits per heavy atom. The van der Waals surface area contributed by atoms with Gasteiger partial charge in [0.1, 0.15) is 36.5 Å². The van der Waals surface area contributed by atoms with Crippen molar-refractivity contribution in [3.8, 4) is 11.8 Å². The molecule has 1 fully saturated rings. The third-order valence-electron chi connectivity index (χ3n) is 17.7. The number of hydrogen-bond acceptors (Lipinski definition) is 23. The number of hydrogen-bond donors (Lipinski definition) is 12. The predicted molar refractivity (Wildman–Crippen MR) is 399 cm³/mol. The molecule has 2 heterocycles. The molecule has 2 aliphatic carbocycles. The molecular weight excluding hydrogens is 1510 g/mol. The first-order valence-electron chi connectivity index (χ1n) is 35.3. The molecule has 0 radical (unpaired) electrons. The average molecular weight is 1610 g/mol. The molecule has 38 heteroatoms. The van der Waals surface area contributed by atoms with Crippen LogP contribution in [0, 0.1) is 30.6 Å². The largest absolute Gasteiger partial charge is 0.490 e. The molecule has 6 rings (SSSR count). The number of benzene rings is 2. The molecule has 4 amide bonds. The Morgan fingerprint density at radius 2 is 1.58 bits per heavy atom. The highest BCUT2D eigenvalue weighted by atomic mass is 33.1. The number of nitrogens with zero attached hydrogens (tertiary/aromatic N) is 3. The zero-order valence-corrected chi connectivity index (χ0v) is 65.4. The monoisotopic (exact) mass is 1610 g/mol. The molecule has 1 saturated heterocycles. The average Bonchev–Trinajstić information content (AvgIpc) is 0.836. The lowest BCUT2D eigenvalue weighted by molar-refractivity contribution is -0.451. The second-order valence-corrected chi connectivity index (χ2v) is 33.1. The van der Waals surface area contributed by atoms with Gasteiger partial charge in [-0.2, -0.15) is 13.6 Å². The molecule has 0 spiro atoms. The number of aliphatic carboxylic acids is 2. The van der Waals surface area contributed by atoms with Crippen LogP contribution in [0.5, 0.6) is 0 Å². The highest BCUT2D eigenvalue weighted by molar-refractivity contribution is 8.76. The lowest BCUT2D eigenvalue weighted by Crippen LogP contribution is -2.72. The minimum Gasteiger partial charge on any atom is -0.481 e. The van der Waals surface area contributed by atoms with Crippen LogP contribution in [-0.2, 0) is 87.5 Å². The number of ketones is 2. The number of ether oxygens (including phenoxy) is 3. The van der Waals surface area contributed by atoms with E-state index in [9.17, 15) is 82.0 Å². The van der Waals surface area contributed by atoms with Crippen LogP contribution >= 0.6 is 45.1 Å². The fourth-order valence-corrected chi connectivity index (χ4v) is 17.5. The van der Waals surface area contributed by atoms with Gasteiger partial charge in [0.25, 0.3) is 5.91 Å². The Balaban J connectivity index is 0.904. The molecule has 0 bridgehead atoms. The molecular formula is C70H98N8O25P3S2+. The molecule has 13 N–H and O–H groups in total. The minimum absolute atomic E-state index is 0.0227. The minimum atomic E-state index is -5.82. The van der Waals surface area contributed by atoms with E-state index >= 15 is 0 Å². The van der Waals surface area contributed by atoms with E-state index in [0.29, 0.717) is 36.5 Å². The van der Waals surface area contributed by atoms with E-state index in [0.717, 1.165) is 41.6 Å². The Morgan fingerprint density at radius 3 is 2.28 bits per heavy atom. The van der Waals surface area contributed by atoms with Crippen LogP contribution < -0.4 is 32.4 Å². The predicted octanol–water partition coefficient (Wildman–Crippen LogP) is 4.67. The number of anilines is 1. The molecule has 108 heavy (non-hydrogen) atoms. The first-order valence-corrected chi connectivity index (χ1v) is 42.4. The smallest absolute Gasteiger partial charge is 0.481 e. The molecule has 3 aliphatic rings. The van der Waals surface area contributed by atoms with Gasteiger partial charge in [0.15, 0.2) is 5.78 Å². The number of nitrogen functional groups attached to an aromatic ring is 1. The van der Waals surface area contributed by atoms with Crippen LogP contribution in [0.25, 0.3) is 0 Å². The summed E-state index contributed by atoms with van der Waals surface area (Å²) >= 11 is 0. The van der Waals surface area contributed by atoms with Crippen molar-refractivity contribution in [2.24, 2.45) is 11.8 Å². The summed E-state index contributed by atoms with van der Waals surface area (Å²) in [5.74, 6) is -0.595. The number of fused-ring (bicyclic) bond motifs is 2. The highest BCUT2D eigenvalue weighted by Gasteiger charge is 2.44. The van der Waals surface area contributed by atoms with Crippen molar-refractivity contribution >= 4 is 104 Å². The molecule has 1 aliphatic heterocycles. The first-order chi connectivity index (χ1) is 51.1. The molecule has 3 aromatic rings. The van der Waals surface area contributed by atoms with Gasteiger partial charge in [-0.25, -0.2) is 23.5 Å². The van der Waals surface area contributed by atoms with Crippen molar-refractivity contribution < 1.29 is 119 Å². The van der Waals surface area contributed by atoms with E-state index in [2.05, 4.69) is 109 Å². The SMILES string of the molecule is CCCc1cc2c(cc1C)C(c1ccccc1C(=O)N(C)CCCC(=O)NCCOCCOCCC(=O)NC(CCCSSCCC(=O)CCC#Cc1cn([C@H]3CC(O)[C@@H](COP(=O)(O)OP(=O)(O)OP(=O)(O)O)O3)c(=O)nc1N)C(=O)NC(CC(=O)O)C(=O)CC(CC)C(=O)O)C1C=C(C)C(=[NH+]CC)C=C1C2. The van der Waals surface area contributed by atoms with Gasteiger partial charge in [-0.1, -0.05) is 95.7 Å². The standard InChI is InChI=1S/C70H97N8O25P3S2/c1-7-16-46-35-48-36-49-37-56(72-9-3)44(5)34-54(49)65(53(48)33-43(46)4)51-19-12-13-20-52(51)68(87)77(6)26-14-22-61(82)73-25-28-99-30-29-98-27-23-62(83)74-55(67(86)75-57(39-64(84)85)58(80)38-45(8-2)69(88)89)21-15-31-107-108-32-24-50(79)18-11-10-17-47-41-78(70(90)76-66(47)71)63-40-59(81)60(101-63)42-100-105(94,95)103-106(96,97)102-104(91,92)93/h12-13,19-20,33-35,37,41,45,54-55,57,59-60,63,65,81H,7-9,11,14-16,18,21-32,36,38-40,42H2,1-6H3,(H,73,82)(H,74,83)(H,75,86)(H,84,85)(H,88,89)(H,94,95)(H,96,97)(H2,71,76,90)(H2,91,92,93)/p+1/t45?,54?,55?,57?,59?,60-,63-,65?/m1/s1. The van der Waals surface area contributed by atoms with Gasteiger partial charge in [-0.15, -0.1) is 0 Å². The van der Waals surface area contributed by atoms with Gasteiger partial charge in [0, 0.05) is 112 Å². The summed E-state index contributed by atoms with van der Waals surface area (Å²) in [6.07, 6.45) is 3.83. The van der Waals surface area contributed by atoms with Crippen LogP contribution in [0.15, 0.2) is 70.7 Å². The fraction of sp³-hybridized carbons (Fsp3) is 0.557. The quantitative estimate of drug-likeness (QED) is 0.0158. The zero-order chi connectivity index (χ0) is 79.5. The summed E-state index contributed by atoms with van der Waals surface area (Å²) in [5, 5.41) is 37.6. The Bertz CT molecular complexity index is 4080. The number of aryl methyl sites for hydroxylation is 2. The number of carbonyl (C=O) groups excluding carboxylic acids is 6. The Hall–Kier alpha value is -7.06. The number of amides is 4. The molecule has 10 atom stereocenters. The van der Waals surface area contributed by atoms with E-state index in [-0.39, 0.29) is 125 Å². The second kappa shape index (κ2) is 43.5. The van der Waals surface area contributed by atoms with Crippen LogP contribution in [0.4, 0.5) is 5.82 Å². The number of Topliss-reactive ketones (excluding diaryl/α,β-unsaturated/α-hetero) is 2. The molecule has 33 nitrogen and oxygen atoms in total. The van der Waals surface area contributed by atoms with Crippen LogP contribution in [-0.4, -0.2) is 198 Å². The van der Waals surface area contributed by atoms with E-state index in [4.69, 9.17) is 29.7 Å². The number of phosphoric acid groups is 3. The second-order valence-electron chi connectivity index (χ2n) is 26.0. The number of nitrogens with one attached hydrogen (secondary N) is 4. The maximum atomic E-state index is 14.4. The molecule has 0 saturated carbocycles. The third kappa shape index (κ3) is 29.0. The summed E-state index contributed by atoms with van der Waals surface area (Å²) in [6.45, 7) is 10.8. The lowest BCUT2D eigenvalue weighted by Gasteiger charge is -2.38. The Kier molecular flexibility index (Phi) is 36.2. The number of aliphatic hydroxyl groups is 1. The number of carboxylic acid groups (broad SMARTS) is 2. The van der Waals surface area contributed by atoms with E-state index < -0.39 is 115 Å². The van der Waals surface area contributed by atoms with E-state index in [1.807, 2.05) is 18.2 Å². The lowest BCUT2D eigenvalue weighted by atomic mass is 9.65. The number of rotatable bonds is 46. The fourth-order valence-electron chi connectivity index (χ4n) is 12.3. The topological polar surface area (TPSA) is 499 Å². The summed E-state index contributed by atoms with van der Waals surface area (Å²) in [5.41, 5.74) is 15.4. The zero-order valence-electron chi connectivity index (χ0n) is 61.0. The number of nitrogens with two attached hydrogens (primary N) is 1. The van der Waals surface area contributed by atoms with Crippen molar-refractivity contribution in [2.45, 2.75) is 167 Å². The summed E-state index contributed by atoms with van der Waals surface area (Å²) in [4.78, 5) is 162. The normalized spacial score (nSPS) is 19.1. The van der Waals surface area contributed by atoms with Crippen molar-refractivity contribution in [2.75, 3.05) is 77.0 Å². The van der Waals surface area contributed by atoms with Gasteiger partial charge in [0.2, 0.25) is 23.4 Å². The first kappa shape index (κ1) is 89.8. The van der Waals surface area contributed by atoms with E-state index in [1.54, 1.807) is 18.9 Å². The number of carbonyl (C=O) groups is 8. The number of aliphatic hydroxyl groups excluding tert-OH is 1. The van der Waals surface area contributed by atoms with E-state index in [1.165, 1.54) is 61.2 Å². The van der Waals surface area contributed by atoms with Gasteiger partial charge in [-0.3, -0.25) is 47.4 Å². The molecule has 8 unspecified atom stereocenters. The molecule has 2 aromatic carbocycles. The van der Waals surface area contributed by atoms with Gasteiger partial charge < -0.3 is 75.7 Å². The summed E-state index contributed by atoms with van der Waals surface area (Å²) in [7, 11) is -12.5. The van der Waals surface area contributed by atoms with Crippen LogP contribution in [0.2, 0.25) is 0 Å². The van der Waals surface area contributed by atoms with Gasteiger partial charge in [0.05, 0.1) is 63.1 Å². The van der Waals surface area contributed by atoms with Gasteiger partial charge in [-0.05, 0) is 93.2 Å². The van der Waals surface area contributed by atoms with Crippen LogP contribution in [0.3, 0.4) is 0 Å². The third-order valence-corrected chi connectivity index (χ3v) is 24.0. The van der Waals surface area contributed by atoms with Crippen molar-refractivity contribution in [3.05, 3.63) is 115 Å². The number of allylic oxidation sites excluding steroid dienone is 4.